The second-order valence-electron chi connectivity index (χ2n) is 5.37. The van der Waals surface area contributed by atoms with Gasteiger partial charge in [-0.15, -0.1) is 0 Å². The van der Waals surface area contributed by atoms with E-state index in [1.165, 1.54) is 18.5 Å². The van der Waals surface area contributed by atoms with Crippen molar-refractivity contribution in [2.24, 2.45) is 0 Å². The average molecular weight is 326 g/mol. The highest BCUT2D eigenvalue weighted by atomic mass is 32.2. The summed E-state index contributed by atoms with van der Waals surface area (Å²) in [5, 5.41) is 7.34. The fourth-order valence-corrected chi connectivity index (χ4v) is 3.00. The Kier molecular flexibility index (Phi) is 4.92. The number of sulfone groups is 1. The molecule has 1 N–H and O–H groups in total. The third-order valence-corrected chi connectivity index (χ3v) is 4.45. The van der Waals surface area contributed by atoms with Gasteiger partial charge in [0, 0.05) is 18.3 Å². The molecular weight excluding hydrogens is 307 g/mol. The van der Waals surface area contributed by atoms with E-state index in [0.29, 0.717) is 12.1 Å². The standard InChI is InChI=1S/C14H19FN4O2S/c1-10(7-19-9-16-8-17-19)18-11(2)12-4-5-14(13(15)6-12)22(3,20)21/h4-6,8-11,18H,7H2,1-3H3/t10-,11-/m0/s1. The molecule has 0 fully saturated rings. The number of nitrogens with one attached hydrogen (secondary N) is 1. The molecule has 22 heavy (non-hydrogen) atoms. The lowest BCUT2D eigenvalue weighted by Crippen LogP contribution is -2.32. The lowest BCUT2D eigenvalue weighted by molar-refractivity contribution is 0.411. The maximum absolute atomic E-state index is 13.9. The number of aromatic nitrogens is 3. The maximum Gasteiger partial charge on any atom is 0.178 e. The minimum Gasteiger partial charge on any atom is -0.306 e. The monoisotopic (exact) mass is 326 g/mol. The number of benzene rings is 1. The molecule has 2 aromatic rings. The van der Waals surface area contributed by atoms with Crippen molar-refractivity contribution in [2.75, 3.05) is 6.26 Å². The van der Waals surface area contributed by atoms with Crippen LogP contribution in [0.3, 0.4) is 0 Å². The van der Waals surface area contributed by atoms with E-state index in [1.54, 1.807) is 17.1 Å². The highest BCUT2D eigenvalue weighted by Crippen LogP contribution is 2.20. The molecule has 8 heteroatoms. The molecule has 2 atom stereocenters. The highest BCUT2D eigenvalue weighted by Gasteiger charge is 2.16. The summed E-state index contributed by atoms with van der Waals surface area (Å²) in [5.74, 6) is -0.724. The zero-order valence-corrected chi connectivity index (χ0v) is 13.5. The summed E-state index contributed by atoms with van der Waals surface area (Å²) in [6.07, 6.45) is 4.09. The van der Waals surface area contributed by atoms with Crippen LogP contribution in [0.4, 0.5) is 4.39 Å². The summed E-state index contributed by atoms with van der Waals surface area (Å²) in [7, 11) is -3.55. The quantitative estimate of drug-likeness (QED) is 0.872. The summed E-state index contributed by atoms with van der Waals surface area (Å²) in [6, 6.07) is 4.16. The molecule has 1 aromatic carbocycles. The molecule has 0 aliphatic rings. The topological polar surface area (TPSA) is 76.9 Å². The number of hydrogen-bond acceptors (Lipinski definition) is 5. The molecule has 2 rings (SSSR count). The van der Waals surface area contributed by atoms with Gasteiger partial charge in [-0.3, -0.25) is 4.68 Å². The number of halogens is 1. The third kappa shape index (κ3) is 4.11. The first-order valence-corrected chi connectivity index (χ1v) is 8.74. The van der Waals surface area contributed by atoms with Crippen LogP contribution in [-0.4, -0.2) is 35.5 Å². The van der Waals surface area contributed by atoms with Crippen molar-refractivity contribution in [1.29, 1.82) is 0 Å². The Morgan fingerprint density at radius 3 is 2.64 bits per heavy atom. The van der Waals surface area contributed by atoms with Crippen molar-refractivity contribution in [1.82, 2.24) is 20.1 Å². The van der Waals surface area contributed by atoms with E-state index in [2.05, 4.69) is 15.4 Å². The Morgan fingerprint density at radius 1 is 1.36 bits per heavy atom. The van der Waals surface area contributed by atoms with Gasteiger partial charge in [0.25, 0.3) is 0 Å². The molecular formula is C14H19FN4O2S. The number of hydrogen-bond donors (Lipinski definition) is 1. The van der Waals surface area contributed by atoms with E-state index >= 15 is 0 Å². The summed E-state index contributed by atoms with van der Waals surface area (Å²) in [5.41, 5.74) is 0.690. The molecule has 0 spiro atoms. The first-order chi connectivity index (χ1) is 10.3. The predicted octanol–water partition coefficient (Wildman–Crippen LogP) is 1.56. The van der Waals surface area contributed by atoms with Gasteiger partial charge in [0.2, 0.25) is 0 Å². The molecule has 0 amide bonds. The van der Waals surface area contributed by atoms with E-state index in [-0.39, 0.29) is 17.0 Å². The van der Waals surface area contributed by atoms with Crippen LogP contribution >= 0.6 is 0 Å². The van der Waals surface area contributed by atoms with Gasteiger partial charge in [-0.1, -0.05) is 6.07 Å². The third-order valence-electron chi connectivity index (χ3n) is 3.32. The van der Waals surface area contributed by atoms with Crippen LogP contribution in [0.5, 0.6) is 0 Å². The highest BCUT2D eigenvalue weighted by molar-refractivity contribution is 7.90. The average Bonchev–Trinajstić information content (AvgIpc) is 2.89. The van der Waals surface area contributed by atoms with Crippen molar-refractivity contribution in [2.45, 2.75) is 37.4 Å². The first kappa shape index (κ1) is 16.6. The van der Waals surface area contributed by atoms with Crippen LogP contribution in [0.1, 0.15) is 25.5 Å². The van der Waals surface area contributed by atoms with Gasteiger partial charge >= 0.3 is 0 Å². The summed E-state index contributed by atoms with van der Waals surface area (Å²) in [6.45, 7) is 4.51. The minimum atomic E-state index is -3.55. The van der Waals surface area contributed by atoms with Crippen LogP contribution in [0.2, 0.25) is 0 Å². The van der Waals surface area contributed by atoms with Crippen molar-refractivity contribution in [3.8, 4) is 0 Å². The number of nitrogens with zero attached hydrogens (tertiary/aromatic N) is 3. The van der Waals surface area contributed by atoms with Gasteiger partial charge in [-0.2, -0.15) is 5.10 Å². The van der Waals surface area contributed by atoms with Gasteiger partial charge in [0.15, 0.2) is 9.84 Å². The second-order valence-corrected chi connectivity index (χ2v) is 7.35. The van der Waals surface area contributed by atoms with Crippen LogP contribution in [0, 0.1) is 5.82 Å². The summed E-state index contributed by atoms with van der Waals surface area (Å²) in [4.78, 5) is 3.60. The van der Waals surface area contributed by atoms with Crippen LogP contribution in [0.25, 0.3) is 0 Å². The van der Waals surface area contributed by atoms with Gasteiger partial charge in [0.1, 0.15) is 23.4 Å². The predicted molar refractivity (Wildman–Crippen MR) is 80.5 cm³/mol. The Labute approximate surface area is 129 Å². The van der Waals surface area contributed by atoms with Crippen LogP contribution < -0.4 is 5.32 Å². The largest absolute Gasteiger partial charge is 0.306 e. The van der Waals surface area contributed by atoms with E-state index in [9.17, 15) is 12.8 Å². The summed E-state index contributed by atoms with van der Waals surface area (Å²) < 4.78 is 38.5. The molecule has 120 valence electrons. The van der Waals surface area contributed by atoms with Gasteiger partial charge in [-0.05, 0) is 31.5 Å². The molecule has 0 saturated heterocycles. The molecule has 0 saturated carbocycles. The summed E-state index contributed by atoms with van der Waals surface area (Å²) >= 11 is 0. The van der Waals surface area contributed by atoms with Crippen molar-refractivity contribution >= 4 is 9.84 Å². The Hall–Kier alpha value is -1.80. The Morgan fingerprint density at radius 2 is 2.09 bits per heavy atom. The fraction of sp³-hybridized carbons (Fsp3) is 0.429. The smallest absolute Gasteiger partial charge is 0.178 e. The molecule has 1 heterocycles. The molecule has 0 aliphatic heterocycles. The minimum absolute atomic E-state index is 0.0920. The molecule has 0 aliphatic carbocycles. The van der Waals surface area contributed by atoms with Gasteiger partial charge < -0.3 is 5.32 Å². The van der Waals surface area contributed by atoms with E-state index in [0.717, 1.165) is 6.26 Å². The first-order valence-electron chi connectivity index (χ1n) is 6.85. The Balaban J connectivity index is 2.06. The molecule has 0 bridgehead atoms. The van der Waals surface area contributed by atoms with Crippen LogP contribution in [-0.2, 0) is 16.4 Å². The molecule has 1 aromatic heterocycles. The normalized spacial score (nSPS) is 14.7. The Bertz CT molecular complexity index is 731. The van der Waals surface area contributed by atoms with E-state index in [1.807, 2.05) is 13.8 Å². The number of rotatable bonds is 6. The molecule has 6 nitrogen and oxygen atoms in total. The van der Waals surface area contributed by atoms with Gasteiger partial charge in [-0.25, -0.2) is 17.8 Å². The zero-order chi connectivity index (χ0) is 16.3. The van der Waals surface area contributed by atoms with Crippen LogP contribution in [0.15, 0.2) is 35.7 Å². The zero-order valence-electron chi connectivity index (χ0n) is 12.7. The lowest BCUT2D eigenvalue weighted by atomic mass is 10.1. The second kappa shape index (κ2) is 6.53. The SMILES string of the molecule is C[C@H](N[C@@H](C)Cn1cncn1)c1ccc(S(C)(=O)=O)c(F)c1. The molecule has 0 radical (unpaired) electrons. The fourth-order valence-electron chi connectivity index (χ4n) is 2.27. The van der Waals surface area contributed by atoms with Crippen molar-refractivity contribution < 1.29 is 12.8 Å². The maximum atomic E-state index is 13.9. The van der Waals surface area contributed by atoms with Gasteiger partial charge in [0.05, 0.1) is 6.54 Å². The van der Waals surface area contributed by atoms with E-state index < -0.39 is 15.7 Å². The van der Waals surface area contributed by atoms with Crippen molar-refractivity contribution in [3.63, 3.8) is 0 Å². The van der Waals surface area contributed by atoms with E-state index in [4.69, 9.17) is 0 Å². The van der Waals surface area contributed by atoms with Crippen molar-refractivity contribution in [3.05, 3.63) is 42.2 Å². The lowest BCUT2D eigenvalue weighted by Gasteiger charge is -2.20. The molecule has 0 unspecified atom stereocenters.